The first-order valence-corrected chi connectivity index (χ1v) is 16.3. The summed E-state index contributed by atoms with van der Waals surface area (Å²) in [5, 5.41) is 1.40. The highest BCUT2D eigenvalue weighted by atomic mass is 16.7. The number of ether oxygens (including phenoxy) is 1. The monoisotopic (exact) mass is 581 g/mol. The molecule has 0 aromatic carbocycles. The molecule has 6 heteroatoms. The minimum atomic E-state index is -0.539. The van der Waals surface area contributed by atoms with Crippen molar-refractivity contribution in [1.29, 1.82) is 0 Å². The van der Waals surface area contributed by atoms with Crippen LogP contribution in [-0.4, -0.2) is 42.5 Å². The highest BCUT2D eigenvalue weighted by Gasteiger charge is 2.70. The van der Waals surface area contributed by atoms with E-state index in [1.807, 2.05) is 0 Å². The van der Waals surface area contributed by atoms with Crippen LogP contribution < -0.4 is 0 Å². The van der Waals surface area contributed by atoms with Crippen LogP contribution in [0.2, 0.25) is 0 Å². The first-order valence-electron chi connectivity index (χ1n) is 16.3. The van der Waals surface area contributed by atoms with Crippen molar-refractivity contribution in [2.45, 2.75) is 119 Å². The largest absolute Gasteiger partial charge is 0.462 e. The number of amides is 1. The third-order valence-corrected chi connectivity index (χ3v) is 14.0. The highest BCUT2D eigenvalue weighted by Crippen LogP contribution is 2.75. The molecule has 5 aliphatic rings. The zero-order valence-corrected chi connectivity index (χ0v) is 27.7. The zero-order chi connectivity index (χ0) is 31.1. The molecule has 6 nitrogen and oxygen atoms in total. The van der Waals surface area contributed by atoms with Crippen molar-refractivity contribution in [3.05, 3.63) is 24.3 Å². The van der Waals surface area contributed by atoms with Gasteiger partial charge >= 0.3 is 5.97 Å². The minimum Gasteiger partial charge on any atom is -0.462 e. The van der Waals surface area contributed by atoms with E-state index in [2.05, 4.69) is 61.1 Å². The Labute approximate surface area is 254 Å². The summed E-state index contributed by atoms with van der Waals surface area (Å²) in [6.45, 7) is 21.8. The molecule has 0 N–H and O–H groups in total. The zero-order valence-electron chi connectivity index (χ0n) is 27.7. The van der Waals surface area contributed by atoms with Gasteiger partial charge in [-0.25, -0.2) is 5.06 Å². The van der Waals surface area contributed by atoms with Gasteiger partial charge in [0.15, 0.2) is 5.78 Å². The summed E-state index contributed by atoms with van der Waals surface area (Å²) in [7, 11) is 1.71. The van der Waals surface area contributed by atoms with Gasteiger partial charge in [0.1, 0.15) is 6.10 Å². The Morgan fingerprint density at radius 2 is 1.67 bits per heavy atom. The average Bonchev–Trinajstić information content (AvgIpc) is 2.90. The Balaban J connectivity index is 1.52. The highest BCUT2D eigenvalue weighted by molar-refractivity contribution is 5.95. The van der Waals surface area contributed by atoms with Crippen molar-refractivity contribution >= 4 is 17.7 Å². The molecule has 5 rings (SSSR count). The lowest BCUT2D eigenvalue weighted by Gasteiger charge is -2.70. The third kappa shape index (κ3) is 4.31. The molecule has 4 saturated carbocycles. The Bertz CT molecular complexity index is 1210. The predicted octanol–water partition coefficient (Wildman–Crippen LogP) is 7.47. The fraction of sp³-hybridized carbons (Fsp3) is 0.806. The average molecular weight is 582 g/mol. The summed E-state index contributed by atoms with van der Waals surface area (Å²) in [5.74, 6) is 0.523. The van der Waals surface area contributed by atoms with Crippen LogP contribution in [0.5, 0.6) is 0 Å². The van der Waals surface area contributed by atoms with E-state index < -0.39 is 5.41 Å². The molecule has 42 heavy (non-hydrogen) atoms. The molecular formula is C36H55NO5. The normalized spacial score (nSPS) is 45.7. The van der Waals surface area contributed by atoms with Crippen molar-refractivity contribution in [2.75, 3.05) is 13.7 Å². The quantitative estimate of drug-likeness (QED) is 0.191. The number of allylic oxidation sites excluding steroid dienone is 2. The smallest absolute Gasteiger partial charge is 0.302 e. The van der Waals surface area contributed by atoms with Crippen LogP contribution in [0, 0.1) is 50.2 Å². The van der Waals surface area contributed by atoms with Gasteiger partial charge in [0.25, 0.3) is 5.91 Å². The van der Waals surface area contributed by atoms with E-state index in [-0.39, 0.29) is 62.7 Å². The van der Waals surface area contributed by atoms with Gasteiger partial charge in [-0.05, 0) is 97.4 Å². The summed E-state index contributed by atoms with van der Waals surface area (Å²) in [6, 6.07) is 0. The van der Waals surface area contributed by atoms with Crippen LogP contribution in [0.3, 0.4) is 0 Å². The minimum absolute atomic E-state index is 0.0188. The number of carbonyl (C=O) groups is 3. The Morgan fingerprint density at radius 1 is 1.00 bits per heavy atom. The van der Waals surface area contributed by atoms with Crippen molar-refractivity contribution in [3.8, 4) is 0 Å². The molecule has 1 unspecified atom stereocenters. The molecule has 0 bridgehead atoms. The molecule has 1 amide bonds. The van der Waals surface area contributed by atoms with Crippen LogP contribution >= 0.6 is 0 Å². The third-order valence-electron chi connectivity index (χ3n) is 14.0. The molecule has 0 aromatic rings. The Hall–Kier alpha value is -1.95. The van der Waals surface area contributed by atoms with Crippen LogP contribution in [0.15, 0.2) is 24.3 Å². The first kappa shape index (κ1) is 31.5. The van der Waals surface area contributed by atoms with Gasteiger partial charge in [-0.3, -0.25) is 19.2 Å². The second-order valence-corrected chi connectivity index (χ2v) is 16.6. The van der Waals surface area contributed by atoms with E-state index in [0.29, 0.717) is 12.5 Å². The van der Waals surface area contributed by atoms with Crippen LogP contribution in [-0.2, 0) is 24.0 Å². The fourth-order valence-corrected chi connectivity index (χ4v) is 11.4. The predicted molar refractivity (Wildman–Crippen MR) is 164 cm³/mol. The van der Waals surface area contributed by atoms with Gasteiger partial charge in [-0.15, -0.1) is 6.58 Å². The molecule has 9 atom stereocenters. The number of hydroxylamine groups is 2. The van der Waals surface area contributed by atoms with E-state index in [9.17, 15) is 14.4 Å². The van der Waals surface area contributed by atoms with Gasteiger partial charge in [0, 0.05) is 30.7 Å². The lowest BCUT2D eigenvalue weighted by Crippen LogP contribution is -2.66. The van der Waals surface area contributed by atoms with E-state index in [0.717, 1.165) is 57.8 Å². The summed E-state index contributed by atoms with van der Waals surface area (Å²) >= 11 is 0. The maximum absolute atomic E-state index is 14.6. The number of hydrogen-bond donors (Lipinski definition) is 0. The van der Waals surface area contributed by atoms with Crippen molar-refractivity contribution in [2.24, 2.45) is 50.2 Å². The van der Waals surface area contributed by atoms with E-state index >= 15 is 0 Å². The number of carbonyl (C=O) groups excluding carboxylic acids is 3. The SMILES string of the molecule is C=CCON(C)C(=O)[C@@]1(C)CC[C@]2(C)CC[C@]3(C)C(=CC(=O)[C@@H]4[C@@]5(C)CC[C@H](OC(C)=O)C(C)(C)C5CC[C@]43C)[C@@H]2C1. The van der Waals surface area contributed by atoms with Crippen molar-refractivity contribution in [3.63, 3.8) is 0 Å². The Morgan fingerprint density at radius 3 is 2.31 bits per heavy atom. The van der Waals surface area contributed by atoms with Gasteiger partial charge in [-0.2, -0.15) is 0 Å². The molecule has 0 saturated heterocycles. The van der Waals surface area contributed by atoms with Crippen LogP contribution in [0.1, 0.15) is 113 Å². The number of hydrogen-bond acceptors (Lipinski definition) is 5. The number of ketones is 1. The maximum Gasteiger partial charge on any atom is 0.302 e. The summed E-state index contributed by atoms with van der Waals surface area (Å²) in [5.41, 5.74) is 0.242. The van der Waals surface area contributed by atoms with Crippen molar-refractivity contribution in [1.82, 2.24) is 5.06 Å². The van der Waals surface area contributed by atoms with E-state index in [1.165, 1.54) is 17.6 Å². The van der Waals surface area contributed by atoms with Crippen LogP contribution in [0.25, 0.3) is 0 Å². The molecule has 4 fully saturated rings. The molecule has 0 heterocycles. The lowest BCUT2D eigenvalue weighted by molar-refractivity contribution is -0.211. The van der Waals surface area contributed by atoms with Gasteiger partial charge < -0.3 is 4.74 Å². The molecule has 0 radical (unpaired) electrons. The van der Waals surface area contributed by atoms with E-state index in [1.54, 1.807) is 13.1 Å². The molecule has 0 spiro atoms. The molecular weight excluding hydrogens is 526 g/mol. The number of nitrogens with zero attached hydrogens (tertiary/aromatic N) is 1. The molecule has 5 aliphatic carbocycles. The topological polar surface area (TPSA) is 72.9 Å². The first-order chi connectivity index (χ1) is 19.4. The fourth-order valence-electron chi connectivity index (χ4n) is 11.4. The number of fused-ring (bicyclic) bond motifs is 7. The number of esters is 1. The summed E-state index contributed by atoms with van der Waals surface area (Å²) in [4.78, 5) is 45.9. The number of rotatable bonds is 5. The maximum atomic E-state index is 14.6. The molecule has 0 aromatic heterocycles. The summed E-state index contributed by atoms with van der Waals surface area (Å²) < 4.78 is 5.86. The molecule has 234 valence electrons. The lowest BCUT2D eigenvalue weighted by atomic mass is 9.33. The van der Waals surface area contributed by atoms with Crippen LogP contribution in [0.4, 0.5) is 0 Å². The second-order valence-electron chi connectivity index (χ2n) is 16.6. The summed E-state index contributed by atoms with van der Waals surface area (Å²) in [6.07, 6.45) is 12.1. The standard InChI is InChI=1S/C36H55NO5/c1-11-20-41-37(10)30(40)33(6)17-16-32(5)18-19-35(8)24(25(32)22-33)21-26(39)29-34(7)14-13-28(42-23(2)38)31(3,4)27(34)12-15-36(29,35)9/h11,21,25,27-29H,1,12-20,22H2,2-10H3/t25-,27?,28-,29+,32+,33-,34-,35+,36+/m0/s1. The Kier molecular flexibility index (Phi) is 7.52. The van der Waals surface area contributed by atoms with Gasteiger partial charge in [0.05, 0.1) is 6.61 Å². The molecule has 0 aliphatic heterocycles. The van der Waals surface area contributed by atoms with Crippen molar-refractivity contribution < 1.29 is 24.0 Å². The van der Waals surface area contributed by atoms with E-state index in [4.69, 9.17) is 9.57 Å². The second kappa shape index (κ2) is 10.0. The van der Waals surface area contributed by atoms with Gasteiger partial charge in [0.2, 0.25) is 0 Å². The van der Waals surface area contributed by atoms with Gasteiger partial charge in [-0.1, -0.05) is 60.1 Å².